The number of alkyl halides is 3. The number of benzene rings is 1. The topological polar surface area (TPSA) is 63.8 Å². The van der Waals surface area contributed by atoms with Crippen LogP contribution in [0.4, 0.5) is 19.0 Å². The number of rotatable bonds is 5. The summed E-state index contributed by atoms with van der Waals surface area (Å²) in [6, 6.07) is 13.7. The summed E-state index contributed by atoms with van der Waals surface area (Å²) in [6.45, 7) is 0.377. The first kappa shape index (κ1) is 18.7. The van der Waals surface area contributed by atoms with E-state index in [2.05, 4.69) is 20.3 Å². The number of nitrogens with one attached hydrogen (secondary N) is 1. The number of furan rings is 1. The quantitative estimate of drug-likeness (QED) is 0.487. The lowest BCUT2D eigenvalue weighted by molar-refractivity contribution is -0.137. The van der Waals surface area contributed by atoms with Gasteiger partial charge in [-0.3, -0.25) is 4.98 Å². The fourth-order valence-corrected chi connectivity index (χ4v) is 2.76. The van der Waals surface area contributed by atoms with Crippen LogP contribution in [-0.4, -0.2) is 15.0 Å². The number of pyridine rings is 1. The van der Waals surface area contributed by atoms with E-state index in [1.165, 1.54) is 6.07 Å². The van der Waals surface area contributed by atoms with Crippen molar-refractivity contribution in [2.24, 2.45) is 0 Å². The van der Waals surface area contributed by atoms with Crippen LogP contribution < -0.4 is 5.32 Å². The highest BCUT2D eigenvalue weighted by Crippen LogP contribution is 2.32. The van der Waals surface area contributed by atoms with Crippen LogP contribution in [0.1, 0.15) is 11.3 Å². The molecule has 3 heterocycles. The summed E-state index contributed by atoms with van der Waals surface area (Å²) in [5.41, 5.74) is 0.692. The zero-order chi connectivity index (χ0) is 20.3. The van der Waals surface area contributed by atoms with Crippen LogP contribution in [0.5, 0.6) is 0 Å². The summed E-state index contributed by atoms with van der Waals surface area (Å²) in [6.07, 6.45) is 0.335. The highest BCUT2D eigenvalue weighted by atomic mass is 19.4. The molecule has 1 aromatic carbocycles. The van der Waals surface area contributed by atoms with Gasteiger partial charge in [-0.25, -0.2) is 9.97 Å². The highest BCUT2D eigenvalue weighted by Gasteiger charge is 2.30. The van der Waals surface area contributed by atoms with Gasteiger partial charge in [0.15, 0.2) is 5.82 Å². The lowest BCUT2D eigenvalue weighted by Crippen LogP contribution is -2.06. The molecular weight excluding hydrogens is 381 g/mol. The molecule has 0 aliphatic rings. The van der Waals surface area contributed by atoms with Crippen LogP contribution in [0.2, 0.25) is 0 Å². The number of aromatic nitrogens is 3. The van der Waals surface area contributed by atoms with Gasteiger partial charge in [0, 0.05) is 29.6 Å². The van der Waals surface area contributed by atoms with Crippen molar-refractivity contribution in [3.8, 4) is 22.6 Å². The van der Waals surface area contributed by atoms with Crippen molar-refractivity contribution in [2.75, 3.05) is 5.32 Å². The molecule has 3 aromatic heterocycles. The van der Waals surface area contributed by atoms with E-state index in [1.54, 1.807) is 49.0 Å². The number of hydrogen-bond acceptors (Lipinski definition) is 5. The molecule has 4 rings (SSSR count). The summed E-state index contributed by atoms with van der Waals surface area (Å²) in [5.74, 6) is 1.55. The van der Waals surface area contributed by atoms with E-state index < -0.39 is 11.7 Å². The van der Waals surface area contributed by atoms with Crippen LogP contribution in [-0.2, 0) is 12.7 Å². The van der Waals surface area contributed by atoms with Crippen LogP contribution in [0.3, 0.4) is 0 Å². The molecule has 0 radical (unpaired) electrons. The standard InChI is InChI=1S/C21H15F3N4O/c22-21(23,24)16-4-1-3-15(11-16)18-12-19(26-13-17-5-2-10-29-17)28-20(27-18)14-6-8-25-9-7-14/h1-12H,13H2,(H,26,27,28). The fourth-order valence-electron chi connectivity index (χ4n) is 2.76. The first-order valence-electron chi connectivity index (χ1n) is 8.72. The molecule has 0 atom stereocenters. The van der Waals surface area contributed by atoms with E-state index in [9.17, 15) is 13.2 Å². The zero-order valence-electron chi connectivity index (χ0n) is 15.0. The van der Waals surface area contributed by atoms with Crippen LogP contribution in [0, 0.1) is 0 Å². The first-order chi connectivity index (χ1) is 14.0. The van der Waals surface area contributed by atoms with Gasteiger partial charge in [-0.2, -0.15) is 13.2 Å². The van der Waals surface area contributed by atoms with Gasteiger partial charge in [-0.15, -0.1) is 0 Å². The van der Waals surface area contributed by atoms with Crippen LogP contribution in [0.15, 0.2) is 77.7 Å². The van der Waals surface area contributed by atoms with E-state index >= 15 is 0 Å². The van der Waals surface area contributed by atoms with Crippen molar-refractivity contribution in [1.82, 2.24) is 15.0 Å². The molecular formula is C21H15F3N4O. The van der Waals surface area contributed by atoms with E-state index in [4.69, 9.17) is 4.42 Å². The third-order valence-corrected chi connectivity index (χ3v) is 4.17. The van der Waals surface area contributed by atoms with Gasteiger partial charge in [0.05, 0.1) is 24.1 Å². The van der Waals surface area contributed by atoms with Gasteiger partial charge in [0.2, 0.25) is 0 Å². The molecule has 0 amide bonds. The van der Waals surface area contributed by atoms with Crippen molar-refractivity contribution >= 4 is 5.82 Å². The van der Waals surface area contributed by atoms with E-state index in [0.29, 0.717) is 40.8 Å². The van der Waals surface area contributed by atoms with Crippen LogP contribution >= 0.6 is 0 Å². The molecule has 0 aliphatic heterocycles. The summed E-state index contributed by atoms with van der Waals surface area (Å²) in [4.78, 5) is 12.9. The van der Waals surface area contributed by atoms with E-state index in [1.807, 2.05) is 6.07 Å². The minimum Gasteiger partial charge on any atom is -0.467 e. The Labute approximate surface area is 164 Å². The number of anilines is 1. The second-order valence-corrected chi connectivity index (χ2v) is 6.21. The Bertz CT molecular complexity index is 1100. The Morgan fingerprint density at radius 1 is 0.897 bits per heavy atom. The molecule has 5 nitrogen and oxygen atoms in total. The number of hydrogen-bond donors (Lipinski definition) is 1. The number of nitrogens with zero attached hydrogens (tertiary/aromatic N) is 3. The van der Waals surface area contributed by atoms with Gasteiger partial charge in [0.25, 0.3) is 0 Å². The van der Waals surface area contributed by atoms with E-state index in [0.717, 1.165) is 12.1 Å². The maximum Gasteiger partial charge on any atom is 0.416 e. The molecule has 0 fully saturated rings. The highest BCUT2D eigenvalue weighted by molar-refractivity contribution is 5.68. The summed E-state index contributed by atoms with van der Waals surface area (Å²) in [7, 11) is 0. The Morgan fingerprint density at radius 3 is 2.45 bits per heavy atom. The van der Waals surface area contributed by atoms with Gasteiger partial charge in [0.1, 0.15) is 11.6 Å². The second kappa shape index (κ2) is 7.75. The predicted molar refractivity (Wildman–Crippen MR) is 102 cm³/mol. The van der Waals surface area contributed by atoms with Gasteiger partial charge in [-0.1, -0.05) is 12.1 Å². The van der Waals surface area contributed by atoms with Crippen molar-refractivity contribution in [3.63, 3.8) is 0 Å². The molecule has 0 aliphatic carbocycles. The van der Waals surface area contributed by atoms with Crippen molar-refractivity contribution < 1.29 is 17.6 Å². The lowest BCUT2D eigenvalue weighted by Gasteiger charge is -2.12. The molecule has 0 saturated carbocycles. The molecule has 0 bridgehead atoms. The molecule has 29 heavy (non-hydrogen) atoms. The van der Waals surface area contributed by atoms with Crippen molar-refractivity contribution in [2.45, 2.75) is 12.7 Å². The summed E-state index contributed by atoms with van der Waals surface area (Å²) < 4.78 is 44.7. The average Bonchev–Trinajstić information content (AvgIpc) is 3.26. The Morgan fingerprint density at radius 2 is 1.72 bits per heavy atom. The Hall–Kier alpha value is -3.68. The number of halogens is 3. The molecule has 146 valence electrons. The maximum atomic E-state index is 13.1. The van der Waals surface area contributed by atoms with E-state index in [-0.39, 0.29) is 0 Å². The Balaban J connectivity index is 1.75. The Kier molecular flexibility index (Phi) is 4.99. The van der Waals surface area contributed by atoms with Gasteiger partial charge in [-0.05, 0) is 36.4 Å². The maximum absolute atomic E-state index is 13.1. The minimum atomic E-state index is -4.43. The third-order valence-electron chi connectivity index (χ3n) is 4.17. The minimum absolute atomic E-state index is 0.346. The van der Waals surface area contributed by atoms with Crippen LogP contribution in [0.25, 0.3) is 22.6 Å². The fraction of sp³-hybridized carbons (Fsp3) is 0.0952. The normalized spacial score (nSPS) is 11.4. The molecule has 0 saturated heterocycles. The zero-order valence-corrected chi connectivity index (χ0v) is 15.0. The molecule has 0 unspecified atom stereocenters. The summed E-state index contributed by atoms with van der Waals surface area (Å²) in [5, 5.41) is 3.13. The molecule has 8 heteroatoms. The first-order valence-corrected chi connectivity index (χ1v) is 8.72. The third kappa shape index (κ3) is 4.43. The van der Waals surface area contributed by atoms with Gasteiger partial charge >= 0.3 is 6.18 Å². The lowest BCUT2D eigenvalue weighted by atomic mass is 10.1. The molecule has 1 N–H and O–H groups in total. The summed E-state index contributed by atoms with van der Waals surface area (Å²) >= 11 is 0. The van der Waals surface area contributed by atoms with Crippen molar-refractivity contribution in [1.29, 1.82) is 0 Å². The molecule has 0 spiro atoms. The second-order valence-electron chi connectivity index (χ2n) is 6.21. The molecule has 4 aromatic rings. The van der Waals surface area contributed by atoms with Gasteiger partial charge < -0.3 is 9.73 Å². The SMILES string of the molecule is FC(F)(F)c1cccc(-c2cc(NCc3ccco3)nc(-c3ccncc3)n2)c1. The average molecular weight is 396 g/mol. The smallest absolute Gasteiger partial charge is 0.416 e. The monoisotopic (exact) mass is 396 g/mol. The van der Waals surface area contributed by atoms with Crippen molar-refractivity contribution in [3.05, 3.63) is 84.6 Å². The predicted octanol–water partition coefficient (Wildman–Crippen LogP) is 5.43. The largest absolute Gasteiger partial charge is 0.467 e.